The topological polar surface area (TPSA) is 80.5 Å². The number of hydrogen-bond donors (Lipinski definition) is 1. The van der Waals surface area contributed by atoms with Crippen molar-refractivity contribution in [3.8, 4) is 0 Å². The minimum atomic E-state index is -0.525. The van der Waals surface area contributed by atoms with Crippen LogP contribution in [0.15, 0.2) is 12.2 Å². The molecule has 0 bridgehead atoms. The molecule has 0 saturated heterocycles. The normalized spacial score (nSPS) is 12.6. The van der Waals surface area contributed by atoms with Crippen molar-refractivity contribution in [3.63, 3.8) is 0 Å². The van der Waals surface area contributed by atoms with Crippen LogP contribution < -0.4 is 5.73 Å². The van der Waals surface area contributed by atoms with E-state index in [4.69, 9.17) is 5.73 Å². The van der Waals surface area contributed by atoms with Crippen LogP contribution in [-0.4, -0.2) is 29.2 Å². The molecule has 92 valence electrons. The van der Waals surface area contributed by atoms with Crippen LogP contribution in [0, 0.1) is 0 Å². The van der Waals surface area contributed by atoms with Crippen molar-refractivity contribution in [1.82, 2.24) is 4.90 Å². The van der Waals surface area contributed by atoms with Crippen molar-refractivity contribution < 1.29 is 14.4 Å². The fraction of sp³-hybridized carbons (Fsp3) is 0.545. The Morgan fingerprint density at radius 1 is 1.12 bits per heavy atom. The highest BCUT2D eigenvalue weighted by molar-refractivity contribution is 6.13. The second-order valence-corrected chi connectivity index (χ2v) is 2.38. The van der Waals surface area contributed by atoms with E-state index in [1.807, 2.05) is 27.7 Å². The van der Waals surface area contributed by atoms with Gasteiger partial charge in [-0.15, -0.1) is 0 Å². The summed E-state index contributed by atoms with van der Waals surface area (Å²) in [4.78, 5) is 33.0. The van der Waals surface area contributed by atoms with Gasteiger partial charge in [-0.2, -0.15) is 0 Å². The van der Waals surface area contributed by atoms with Gasteiger partial charge in [-0.25, -0.2) is 0 Å². The maximum Gasteiger partial charge on any atom is 0.253 e. The number of hydrogen-bond acceptors (Lipinski definition) is 3. The Morgan fingerprint density at radius 3 is 1.81 bits per heavy atom. The van der Waals surface area contributed by atoms with Gasteiger partial charge in [-0.05, 0) is 0 Å². The molecule has 1 rings (SSSR count). The number of carbonyl (C=O) groups is 3. The van der Waals surface area contributed by atoms with Crippen molar-refractivity contribution in [2.45, 2.75) is 34.1 Å². The molecular weight excluding hydrogens is 208 g/mol. The van der Waals surface area contributed by atoms with Crippen LogP contribution in [0.25, 0.3) is 0 Å². The summed E-state index contributed by atoms with van der Waals surface area (Å²) in [6, 6.07) is 0. The second kappa shape index (κ2) is 9.89. The highest BCUT2D eigenvalue weighted by Gasteiger charge is 2.22. The standard InChI is InChI=1S/C7H8N2O3.2C2H6/c8-5(10)3-4-9-6(11)1-2-7(9)12;2*1-2/h1-2H,3-4H2,(H2,8,10);2*1-2H3. The van der Waals surface area contributed by atoms with Crippen LogP contribution in [0.5, 0.6) is 0 Å². The Bertz CT molecular complexity index is 254. The molecule has 5 heteroatoms. The molecule has 3 amide bonds. The Morgan fingerprint density at radius 2 is 1.50 bits per heavy atom. The van der Waals surface area contributed by atoms with Gasteiger partial charge in [0.25, 0.3) is 11.8 Å². The maximum atomic E-state index is 10.9. The monoisotopic (exact) mass is 228 g/mol. The molecule has 0 aromatic carbocycles. The van der Waals surface area contributed by atoms with E-state index in [1.165, 1.54) is 12.2 Å². The molecule has 5 nitrogen and oxygen atoms in total. The molecule has 0 aromatic heterocycles. The summed E-state index contributed by atoms with van der Waals surface area (Å²) in [7, 11) is 0. The molecule has 0 unspecified atom stereocenters. The molecule has 0 saturated carbocycles. The third kappa shape index (κ3) is 5.95. The van der Waals surface area contributed by atoms with E-state index >= 15 is 0 Å². The molecular formula is C11H20N2O3. The number of nitrogens with zero attached hydrogens (tertiary/aromatic N) is 1. The molecule has 1 aliphatic heterocycles. The first-order chi connectivity index (χ1) is 7.61. The Kier molecular flexibility index (Phi) is 10.4. The zero-order valence-electron chi connectivity index (χ0n) is 10.3. The number of nitrogens with two attached hydrogens (primary N) is 1. The van der Waals surface area contributed by atoms with Gasteiger partial charge < -0.3 is 5.73 Å². The SMILES string of the molecule is CC.CC.NC(=O)CCN1C(=O)C=CC1=O. The molecule has 0 spiro atoms. The molecule has 0 aliphatic carbocycles. The summed E-state index contributed by atoms with van der Waals surface area (Å²) in [5, 5.41) is 0. The zero-order valence-corrected chi connectivity index (χ0v) is 10.3. The molecule has 16 heavy (non-hydrogen) atoms. The van der Waals surface area contributed by atoms with Crippen LogP contribution in [0.1, 0.15) is 34.1 Å². The Balaban J connectivity index is 0. The molecule has 1 heterocycles. The predicted molar refractivity (Wildman–Crippen MR) is 62.4 cm³/mol. The van der Waals surface area contributed by atoms with Gasteiger partial charge in [0.2, 0.25) is 5.91 Å². The van der Waals surface area contributed by atoms with Crippen molar-refractivity contribution >= 4 is 17.7 Å². The summed E-state index contributed by atoms with van der Waals surface area (Å²) in [6.07, 6.45) is 2.35. The minimum Gasteiger partial charge on any atom is -0.370 e. The van der Waals surface area contributed by atoms with Gasteiger partial charge in [0.05, 0.1) is 0 Å². The van der Waals surface area contributed by atoms with Gasteiger partial charge in [-0.3, -0.25) is 19.3 Å². The number of carbonyl (C=O) groups excluding carboxylic acids is 3. The molecule has 1 aliphatic rings. The first-order valence-electron chi connectivity index (χ1n) is 5.43. The van der Waals surface area contributed by atoms with Crippen molar-refractivity contribution in [3.05, 3.63) is 12.2 Å². The number of rotatable bonds is 3. The minimum absolute atomic E-state index is 0.0131. The van der Waals surface area contributed by atoms with E-state index in [-0.39, 0.29) is 24.8 Å². The summed E-state index contributed by atoms with van der Waals surface area (Å²) in [6.45, 7) is 8.07. The van der Waals surface area contributed by atoms with Gasteiger partial charge >= 0.3 is 0 Å². The van der Waals surface area contributed by atoms with Crippen LogP contribution in [0.4, 0.5) is 0 Å². The van der Waals surface area contributed by atoms with Gasteiger partial charge in [0.1, 0.15) is 0 Å². The highest BCUT2D eigenvalue weighted by atomic mass is 16.2. The smallest absolute Gasteiger partial charge is 0.253 e. The van der Waals surface area contributed by atoms with Crippen LogP contribution >= 0.6 is 0 Å². The average Bonchev–Trinajstić information content (AvgIpc) is 2.61. The average molecular weight is 228 g/mol. The van der Waals surface area contributed by atoms with E-state index < -0.39 is 5.91 Å². The van der Waals surface area contributed by atoms with Gasteiger partial charge in [0.15, 0.2) is 0 Å². The third-order valence-corrected chi connectivity index (χ3v) is 1.48. The van der Waals surface area contributed by atoms with Crippen molar-refractivity contribution in [2.75, 3.05) is 6.54 Å². The van der Waals surface area contributed by atoms with E-state index in [0.717, 1.165) is 4.90 Å². The summed E-state index contributed by atoms with van der Waals surface area (Å²) in [5.74, 6) is -1.30. The van der Waals surface area contributed by atoms with E-state index in [0.29, 0.717) is 0 Å². The highest BCUT2D eigenvalue weighted by Crippen LogP contribution is 2.03. The summed E-state index contributed by atoms with van der Waals surface area (Å²) < 4.78 is 0. The van der Waals surface area contributed by atoms with Crippen LogP contribution in [-0.2, 0) is 14.4 Å². The third-order valence-electron chi connectivity index (χ3n) is 1.48. The van der Waals surface area contributed by atoms with Gasteiger partial charge in [-0.1, -0.05) is 27.7 Å². The van der Waals surface area contributed by atoms with Crippen LogP contribution in [0.2, 0.25) is 0 Å². The lowest BCUT2D eigenvalue weighted by molar-refractivity contribution is -0.137. The molecule has 0 atom stereocenters. The van der Waals surface area contributed by atoms with Gasteiger partial charge in [0, 0.05) is 25.1 Å². The van der Waals surface area contributed by atoms with E-state index in [1.54, 1.807) is 0 Å². The van der Waals surface area contributed by atoms with Crippen molar-refractivity contribution in [2.24, 2.45) is 5.73 Å². The number of amides is 3. The Labute approximate surface area is 96.3 Å². The molecule has 0 radical (unpaired) electrons. The predicted octanol–water partition coefficient (Wildman–Crippen LogP) is 0.839. The lowest BCUT2D eigenvalue weighted by atomic mass is 10.4. The number of imide groups is 1. The largest absolute Gasteiger partial charge is 0.370 e. The quantitative estimate of drug-likeness (QED) is 0.727. The molecule has 0 fully saturated rings. The first-order valence-corrected chi connectivity index (χ1v) is 5.43. The lowest BCUT2D eigenvalue weighted by Crippen LogP contribution is -2.33. The van der Waals surface area contributed by atoms with E-state index in [9.17, 15) is 14.4 Å². The number of primary amides is 1. The second-order valence-electron chi connectivity index (χ2n) is 2.38. The fourth-order valence-electron chi connectivity index (χ4n) is 0.874. The lowest BCUT2D eigenvalue weighted by Gasteiger charge is -2.11. The zero-order chi connectivity index (χ0) is 13.1. The Hall–Kier alpha value is -1.65. The summed E-state index contributed by atoms with van der Waals surface area (Å²) in [5.41, 5.74) is 4.85. The van der Waals surface area contributed by atoms with Crippen molar-refractivity contribution in [1.29, 1.82) is 0 Å². The fourth-order valence-corrected chi connectivity index (χ4v) is 0.874. The first kappa shape index (κ1) is 16.8. The van der Waals surface area contributed by atoms with Crippen LogP contribution in [0.3, 0.4) is 0 Å². The molecule has 0 aromatic rings. The maximum absolute atomic E-state index is 10.9. The molecule has 2 N–H and O–H groups in total. The summed E-state index contributed by atoms with van der Waals surface area (Å²) >= 11 is 0. The van der Waals surface area contributed by atoms with E-state index in [2.05, 4.69) is 0 Å².